The minimum absolute atomic E-state index is 0.894. The molecule has 4 heteroatoms. The Hall–Kier alpha value is -3.48. The smallest absolute Gasteiger partial charge is 0.0605 e. The van der Waals surface area contributed by atoms with E-state index in [0.717, 1.165) is 48.4 Å². The molecule has 0 aromatic heterocycles. The Morgan fingerprint density at radius 1 is 0.364 bits per heavy atom. The van der Waals surface area contributed by atoms with Gasteiger partial charge in [-0.25, -0.2) is 0 Å². The van der Waals surface area contributed by atoms with E-state index in [-0.39, 0.29) is 0 Å². The second-order valence-electron chi connectivity index (χ2n) is 12.3. The van der Waals surface area contributed by atoms with E-state index in [1.54, 1.807) is 0 Å². The van der Waals surface area contributed by atoms with Crippen molar-refractivity contribution in [2.45, 2.75) is 51.4 Å². The summed E-state index contributed by atoms with van der Waals surface area (Å²) in [5.41, 5.74) is 4.33. The van der Waals surface area contributed by atoms with Crippen LogP contribution in [0.5, 0.6) is 0 Å². The van der Waals surface area contributed by atoms with Crippen LogP contribution in [0.1, 0.15) is 73.6 Å². The lowest BCUT2D eigenvalue weighted by Gasteiger charge is -2.08. The molecule has 4 fully saturated rings. The Labute approximate surface area is 267 Å². The molecule has 4 aliphatic heterocycles. The van der Waals surface area contributed by atoms with Crippen molar-refractivity contribution in [3.63, 3.8) is 0 Å². The molecule has 0 unspecified atom stereocenters. The molecule has 0 spiro atoms. The monoisotopic (exact) mass is 584 g/mol. The lowest BCUT2D eigenvalue weighted by Crippen LogP contribution is -2.19. The number of hydrogen-bond acceptors (Lipinski definition) is 4. The van der Waals surface area contributed by atoms with Gasteiger partial charge in [0.15, 0.2) is 0 Å². The second kappa shape index (κ2) is 18.4. The summed E-state index contributed by atoms with van der Waals surface area (Å²) in [6.07, 6.45) is 10.6. The first-order valence-electron chi connectivity index (χ1n) is 16.9. The average molecular weight is 585 g/mol. The largest absolute Gasteiger partial charge is 0.292 e. The van der Waals surface area contributed by atoms with Crippen molar-refractivity contribution < 1.29 is 0 Å². The summed E-state index contributed by atoms with van der Waals surface area (Å²) in [4.78, 5) is 9.69. The lowest BCUT2D eigenvalue weighted by atomic mass is 10.1. The van der Waals surface area contributed by atoms with Gasteiger partial charge in [-0.1, -0.05) is 53.4 Å². The molecule has 4 heterocycles. The van der Waals surface area contributed by atoms with Gasteiger partial charge in [0.1, 0.15) is 0 Å². The summed E-state index contributed by atoms with van der Waals surface area (Å²) < 4.78 is 0. The zero-order valence-corrected chi connectivity index (χ0v) is 26.5. The molecule has 0 radical (unpaired) electrons. The van der Waals surface area contributed by atoms with Crippen LogP contribution in [0.2, 0.25) is 0 Å². The molecular formula is C40H48N4. The molecule has 0 aliphatic carbocycles. The van der Waals surface area contributed by atoms with E-state index in [4.69, 9.17) is 0 Å². The second-order valence-corrected chi connectivity index (χ2v) is 12.3. The topological polar surface area (TPSA) is 13.0 Å². The predicted molar refractivity (Wildman–Crippen MR) is 183 cm³/mol. The fraction of sp³-hybridized carbons (Fsp3) is 0.500. The first-order valence-corrected chi connectivity index (χ1v) is 16.9. The van der Waals surface area contributed by atoms with Gasteiger partial charge < -0.3 is 0 Å². The third-order valence-electron chi connectivity index (χ3n) is 8.68. The molecule has 0 saturated carbocycles. The quantitative estimate of drug-likeness (QED) is 0.461. The molecule has 228 valence electrons. The molecule has 6 rings (SSSR count). The van der Waals surface area contributed by atoms with Crippen molar-refractivity contribution in [2.75, 3.05) is 78.5 Å². The molecule has 0 bridgehead atoms. The number of benzene rings is 2. The molecular weight excluding hydrogens is 536 g/mol. The number of likely N-dealkylation sites (tertiary alicyclic amines) is 4. The van der Waals surface area contributed by atoms with Crippen LogP contribution in [0, 0.1) is 47.4 Å². The van der Waals surface area contributed by atoms with E-state index in [9.17, 15) is 0 Å². The summed E-state index contributed by atoms with van der Waals surface area (Å²) >= 11 is 0. The summed E-state index contributed by atoms with van der Waals surface area (Å²) in [6.45, 7) is 13.2. The SMILES string of the molecule is C(#Cc1ccc(C#CCN2CCCC2)cc1)CN1CCCC1.C(#Cc1cccc(C#CCN2CCCC2)c1)CN1CCCC1. The van der Waals surface area contributed by atoms with Crippen LogP contribution >= 0.6 is 0 Å². The van der Waals surface area contributed by atoms with E-state index < -0.39 is 0 Å². The maximum atomic E-state index is 3.29. The van der Waals surface area contributed by atoms with Crippen LogP contribution in [0.4, 0.5) is 0 Å². The van der Waals surface area contributed by atoms with E-state index >= 15 is 0 Å². The third kappa shape index (κ3) is 11.5. The van der Waals surface area contributed by atoms with Crippen LogP contribution in [-0.4, -0.2) is 98.1 Å². The number of nitrogens with zero attached hydrogens (tertiary/aromatic N) is 4. The summed E-state index contributed by atoms with van der Waals surface area (Å²) in [5, 5.41) is 0. The highest BCUT2D eigenvalue weighted by Crippen LogP contribution is 2.09. The van der Waals surface area contributed by atoms with Gasteiger partial charge in [-0.05, 0) is 146 Å². The molecule has 2 aromatic rings. The Kier molecular flexibility index (Phi) is 13.3. The molecule has 0 amide bonds. The first kappa shape index (κ1) is 31.9. The van der Waals surface area contributed by atoms with Crippen molar-refractivity contribution in [3.05, 3.63) is 70.8 Å². The van der Waals surface area contributed by atoms with Gasteiger partial charge in [0.05, 0.1) is 26.2 Å². The van der Waals surface area contributed by atoms with Crippen molar-refractivity contribution >= 4 is 0 Å². The lowest BCUT2D eigenvalue weighted by molar-refractivity contribution is 0.383. The Morgan fingerprint density at radius 2 is 0.636 bits per heavy atom. The summed E-state index contributed by atoms with van der Waals surface area (Å²) in [7, 11) is 0. The van der Waals surface area contributed by atoms with Crippen molar-refractivity contribution in [2.24, 2.45) is 0 Å². The van der Waals surface area contributed by atoms with Crippen molar-refractivity contribution in [1.82, 2.24) is 19.6 Å². The molecule has 0 N–H and O–H groups in total. The zero-order valence-electron chi connectivity index (χ0n) is 26.5. The third-order valence-corrected chi connectivity index (χ3v) is 8.68. The molecule has 2 aromatic carbocycles. The Morgan fingerprint density at radius 3 is 0.932 bits per heavy atom. The zero-order chi connectivity index (χ0) is 30.1. The Bertz CT molecular complexity index is 1300. The van der Waals surface area contributed by atoms with Crippen LogP contribution in [0.25, 0.3) is 0 Å². The maximum absolute atomic E-state index is 3.29. The van der Waals surface area contributed by atoms with Crippen LogP contribution in [0.15, 0.2) is 48.5 Å². The normalized spacial score (nSPS) is 18.5. The predicted octanol–water partition coefficient (Wildman–Crippen LogP) is 5.16. The van der Waals surface area contributed by atoms with Crippen molar-refractivity contribution in [3.8, 4) is 47.4 Å². The van der Waals surface area contributed by atoms with E-state index in [2.05, 4.69) is 115 Å². The average Bonchev–Trinajstić information content (AvgIpc) is 3.88. The molecule has 4 nitrogen and oxygen atoms in total. The van der Waals surface area contributed by atoms with Gasteiger partial charge in [0.25, 0.3) is 0 Å². The van der Waals surface area contributed by atoms with Gasteiger partial charge >= 0.3 is 0 Å². The highest BCUT2D eigenvalue weighted by molar-refractivity contribution is 5.44. The van der Waals surface area contributed by atoms with Gasteiger partial charge in [-0.15, -0.1) is 0 Å². The first-order chi connectivity index (χ1) is 21.8. The number of rotatable bonds is 4. The van der Waals surface area contributed by atoms with Crippen LogP contribution < -0.4 is 0 Å². The maximum Gasteiger partial charge on any atom is 0.0605 e. The standard InChI is InChI=1S/2C20H24N2/c1-2-13-21(12-1)16-6-10-19-8-5-9-20(18-19)11-7-17-22-14-3-4-15-22;1-2-14-21(13-1)17-5-7-19-9-11-20(12-10-19)8-6-18-22-15-3-4-16-22/h5,8-9,18H,1-4,12-17H2;9-12H,1-4,13-18H2. The minimum atomic E-state index is 0.894. The van der Waals surface area contributed by atoms with Gasteiger partial charge in [-0.2, -0.15) is 0 Å². The van der Waals surface area contributed by atoms with Gasteiger partial charge in [0.2, 0.25) is 0 Å². The van der Waals surface area contributed by atoms with E-state index in [1.807, 2.05) is 0 Å². The van der Waals surface area contributed by atoms with Gasteiger partial charge in [-0.3, -0.25) is 19.6 Å². The summed E-state index contributed by atoms with van der Waals surface area (Å²) in [5.74, 6) is 26.2. The highest BCUT2D eigenvalue weighted by Gasteiger charge is 2.11. The highest BCUT2D eigenvalue weighted by atomic mass is 15.1. The minimum Gasteiger partial charge on any atom is -0.292 e. The molecule has 4 aliphatic rings. The fourth-order valence-corrected chi connectivity index (χ4v) is 6.09. The van der Waals surface area contributed by atoms with E-state index in [1.165, 1.54) is 104 Å². The van der Waals surface area contributed by atoms with Gasteiger partial charge in [0, 0.05) is 22.3 Å². The van der Waals surface area contributed by atoms with Crippen LogP contribution in [-0.2, 0) is 0 Å². The summed E-state index contributed by atoms with van der Waals surface area (Å²) in [6, 6.07) is 16.6. The molecule has 4 saturated heterocycles. The van der Waals surface area contributed by atoms with E-state index in [0.29, 0.717) is 0 Å². The molecule has 0 atom stereocenters. The van der Waals surface area contributed by atoms with Crippen molar-refractivity contribution in [1.29, 1.82) is 0 Å². The van der Waals surface area contributed by atoms with Crippen LogP contribution in [0.3, 0.4) is 0 Å². The number of hydrogen-bond donors (Lipinski definition) is 0. The fourth-order valence-electron chi connectivity index (χ4n) is 6.09. The molecule has 44 heavy (non-hydrogen) atoms. The Balaban J connectivity index is 0.000000175.